The smallest absolute Gasteiger partial charge is 0.120 e. The van der Waals surface area contributed by atoms with Gasteiger partial charge in [-0.05, 0) is 44.0 Å². The molecule has 1 rings (SSSR count). The lowest BCUT2D eigenvalue weighted by Crippen LogP contribution is -2.05. The van der Waals surface area contributed by atoms with Crippen molar-refractivity contribution in [1.29, 1.82) is 0 Å². The van der Waals surface area contributed by atoms with Crippen molar-refractivity contribution in [2.75, 3.05) is 0 Å². The van der Waals surface area contributed by atoms with Gasteiger partial charge in [-0.3, -0.25) is 0 Å². The van der Waals surface area contributed by atoms with E-state index in [0.717, 1.165) is 11.3 Å². The summed E-state index contributed by atoms with van der Waals surface area (Å²) in [6, 6.07) is 6.12. The summed E-state index contributed by atoms with van der Waals surface area (Å²) in [6.07, 6.45) is 2.06. The summed E-state index contributed by atoms with van der Waals surface area (Å²) in [5, 5.41) is 0. The first-order valence-corrected chi connectivity index (χ1v) is 4.52. The monoisotopic (exact) mass is 176 g/mol. The van der Waals surface area contributed by atoms with E-state index in [1.54, 1.807) is 0 Å². The first-order chi connectivity index (χ1) is 6.11. The first-order valence-electron chi connectivity index (χ1n) is 4.52. The maximum absolute atomic E-state index is 5.59. The van der Waals surface area contributed by atoms with Crippen LogP contribution in [-0.2, 0) is 0 Å². The fourth-order valence-electron chi connectivity index (χ4n) is 1.23. The van der Waals surface area contributed by atoms with Gasteiger partial charge >= 0.3 is 0 Å². The van der Waals surface area contributed by atoms with Gasteiger partial charge < -0.3 is 4.74 Å². The Labute approximate surface area is 80.0 Å². The van der Waals surface area contributed by atoms with E-state index in [9.17, 15) is 0 Å². The largest absolute Gasteiger partial charge is 0.491 e. The molecule has 70 valence electrons. The molecule has 0 fully saturated rings. The molecule has 1 aromatic rings. The van der Waals surface area contributed by atoms with E-state index in [2.05, 4.69) is 19.6 Å². The zero-order valence-corrected chi connectivity index (χ0v) is 8.50. The maximum Gasteiger partial charge on any atom is 0.120 e. The lowest BCUT2D eigenvalue weighted by molar-refractivity contribution is 0.242. The Kier molecular flexibility index (Phi) is 3.13. The molecule has 0 atom stereocenters. The number of aryl methyl sites for hydroxylation is 1. The predicted molar refractivity (Wildman–Crippen MR) is 57.0 cm³/mol. The van der Waals surface area contributed by atoms with Crippen LogP contribution in [0.4, 0.5) is 0 Å². The van der Waals surface area contributed by atoms with Gasteiger partial charge in [-0.15, -0.1) is 0 Å². The molecule has 0 saturated carbocycles. The molecule has 0 N–H and O–H groups in total. The van der Waals surface area contributed by atoms with Crippen molar-refractivity contribution in [1.82, 2.24) is 0 Å². The molecule has 0 unspecified atom stereocenters. The molecule has 0 aliphatic heterocycles. The van der Waals surface area contributed by atoms with Crippen LogP contribution in [0.15, 0.2) is 24.8 Å². The molecule has 0 aliphatic rings. The zero-order valence-electron chi connectivity index (χ0n) is 8.50. The number of ether oxygens (including phenoxy) is 1. The molecular weight excluding hydrogens is 160 g/mol. The van der Waals surface area contributed by atoms with Gasteiger partial charge in [0.25, 0.3) is 0 Å². The number of benzene rings is 1. The van der Waals surface area contributed by atoms with Gasteiger partial charge in [-0.25, -0.2) is 0 Å². The van der Waals surface area contributed by atoms with Crippen LogP contribution >= 0.6 is 0 Å². The molecular formula is C12H16O. The minimum absolute atomic E-state index is 0.222. The summed E-state index contributed by atoms with van der Waals surface area (Å²) in [7, 11) is 0. The third kappa shape index (κ3) is 2.94. The molecule has 0 aliphatic carbocycles. The van der Waals surface area contributed by atoms with Gasteiger partial charge in [0, 0.05) is 0 Å². The van der Waals surface area contributed by atoms with Crippen molar-refractivity contribution < 1.29 is 4.74 Å². The van der Waals surface area contributed by atoms with Crippen molar-refractivity contribution >= 4 is 6.08 Å². The number of rotatable bonds is 3. The molecule has 0 spiro atoms. The number of hydrogen-bond donors (Lipinski definition) is 0. The molecule has 0 bridgehead atoms. The third-order valence-electron chi connectivity index (χ3n) is 1.68. The standard InChI is InChI=1S/C12H16O/c1-5-11-6-10(4)7-12(8-11)13-9(2)3/h5-9H,1H2,2-4H3. The van der Waals surface area contributed by atoms with Crippen molar-refractivity contribution in [2.45, 2.75) is 26.9 Å². The lowest BCUT2D eigenvalue weighted by atomic mass is 10.1. The Bertz CT molecular complexity index is 300. The second kappa shape index (κ2) is 4.13. The Hall–Kier alpha value is -1.24. The summed E-state index contributed by atoms with van der Waals surface area (Å²) in [4.78, 5) is 0. The summed E-state index contributed by atoms with van der Waals surface area (Å²) in [5.41, 5.74) is 2.31. The van der Waals surface area contributed by atoms with Crippen molar-refractivity contribution in [3.8, 4) is 5.75 Å². The van der Waals surface area contributed by atoms with Crippen LogP contribution in [0.3, 0.4) is 0 Å². The van der Waals surface area contributed by atoms with Crippen molar-refractivity contribution in [3.05, 3.63) is 35.9 Å². The third-order valence-corrected chi connectivity index (χ3v) is 1.68. The summed E-state index contributed by atoms with van der Waals surface area (Å²) >= 11 is 0. The van der Waals surface area contributed by atoms with E-state index < -0.39 is 0 Å². The highest BCUT2D eigenvalue weighted by molar-refractivity contribution is 5.51. The molecule has 0 heterocycles. The molecule has 0 radical (unpaired) electrons. The fraction of sp³-hybridized carbons (Fsp3) is 0.333. The zero-order chi connectivity index (χ0) is 9.84. The first kappa shape index (κ1) is 9.85. The van der Waals surface area contributed by atoms with Crippen LogP contribution in [0.1, 0.15) is 25.0 Å². The van der Waals surface area contributed by atoms with E-state index in [1.165, 1.54) is 5.56 Å². The Morgan fingerprint density at radius 2 is 2.00 bits per heavy atom. The van der Waals surface area contributed by atoms with Gasteiger partial charge in [0.05, 0.1) is 6.10 Å². The SMILES string of the molecule is C=Cc1cc(C)cc(OC(C)C)c1. The van der Waals surface area contributed by atoms with Crippen LogP contribution in [0.25, 0.3) is 6.08 Å². The number of hydrogen-bond acceptors (Lipinski definition) is 1. The van der Waals surface area contributed by atoms with E-state index in [0.29, 0.717) is 0 Å². The highest BCUT2D eigenvalue weighted by atomic mass is 16.5. The molecule has 1 heteroatoms. The molecule has 0 amide bonds. The van der Waals surface area contributed by atoms with Crippen LogP contribution in [-0.4, -0.2) is 6.10 Å². The van der Waals surface area contributed by atoms with Crippen molar-refractivity contribution in [2.24, 2.45) is 0 Å². The van der Waals surface area contributed by atoms with Gasteiger partial charge in [-0.2, -0.15) is 0 Å². The second-order valence-corrected chi connectivity index (χ2v) is 3.45. The highest BCUT2D eigenvalue weighted by Crippen LogP contribution is 2.18. The summed E-state index contributed by atoms with van der Waals surface area (Å²) in [5.74, 6) is 0.921. The average Bonchev–Trinajstić information content (AvgIpc) is 2.01. The van der Waals surface area contributed by atoms with Crippen LogP contribution in [0.2, 0.25) is 0 Å². The normalized spacial score (nSPS) is 10.2. The van der Waals surface area contributed by atoms with Gasteiger partial charge in [0.2, 0.25) is 0 Å². The fourth-order valence-corrected chi connectivity index (χ4v) is 1.23. The van der Waals surface area contributed by atoms with Crippen LogP contribution in [0, 0.1) is 6.92 Å². The molecule has 0 saturated heterocycles. The lowest BCUT2D eigenvalue weighted by Gasteiger charge is -2.10. The Balaban J connectivity index is 2.94. The average molecular weight is 176 g/mol. The van der Waals surface area contributed by atoms with Crippen molar-refractivity contribution in [3.63, 3.8) is 0 Å². The molecule has 1 aromatic carbocycles. The minimum Gasteiger partial charge on any atom is -0.491 e. The topological polar surface area (TPSA) is 9.23 Å². The van der Waals surface area contributed by atoms with Crippen LogP contribution < -0.4 is 4.74 Å². The Morgan fingerprint density at radius 1 is 1.31 bits per heavy atom. The molecule has 13 heavy (non-hydrogen) atoms. The molecule has 1 nitrogen and oxygen atoms in total. The van der Waals surface area contributed by atoms with E-state index in [1.807, 2.05) is 32.1 Å². The van der Waals surface area contributed by atoms with Gasteiger partial charge in [-0.1, -0.05) is 18.7 Å². The van der Waals surface area contributed by atoms with E-state index >= 15 is 0 Å². The summed E-state index contributed by atoms with van der Waals surface area (Å²) < 4.78 is 5.59. The molecule has 0 aromatic heterocycles. The highest BCUT2D eigenvalue weighted by Gasteiger charge is 1.99. The second-order valence-electron chi connectivity index (χ2n) is 3.45. The predicted octanol–water partition coefficient (Wildman–Crippen LogP) is 3.43. The minimum atomic E-state index is 0.222. The Morgan fingerprint density at radius 3 is 2.54 bits per heavy atom. The van der Waals surface area contributed by atoms with E-state index in [4.69, 9.17) is 4.74 Å². The van der Waals surface area contributed by atoms with Crippen LogP contribution in [0.5, 0.6) is 5.75 Å². The quantitative estimate of drug-likeness (QED) is 0.685. The van der Waals surface area contributed by atoms with Gasteiger partial charge in [0.1, 0.15) is 5.75 Å². The van der Waals surface area contributed by atoms with E-state index in [-0.39, 0.29) is 6.10 Å². The summed E-state index contributed by atoms with van der Waals surface area (Å²) in [6.45, 7) is 9.84. The van der Waals surface area contributed by atoms with Gasteiger partial charge in [0.15, 0.2) is 0 Å². The maximum atomic E-state index is 5.59.